The number of benzene rings is 1. The van der Waals surface area contributed by atoms with Gasteiger partial charge in [-0.15, -0.1) is 11.3 Å². The first-order valence-corrected chi connectivity index (χ1v) is 9.47. The monoisotopic (exact) mass is 406 g/mol. The van der Waals surface area contributed by atoms with Crippen molar-refractivity contribution >= 4 is 33.9 Å². The molecular formula is C19H22N2O6S. The fourth-order valence-corrected chi connectivity index (χ4v) is 3.54. The second kappa shape index (κ2) is 8.83. The van der Waals surface area contributed by atoms with Gasteiger partial charge in [0.15, 0.2) is 11.9 Å². The standard InChI is InChI=1S/C19H22N2O6S/c1-6-26-19(23)16-11(3)13(5)28-18(16)20-17(22)12(4)27-15-8-7-10(2)9-14(15)21(24)25/h7-9,12H,6H2,1-5H3,(H,20,22). The lowest BCUT2D eigenvalue weighted by Gasteiger charge is -2.15. The average molecular weight is 406 g/mol. The summed E-state index contributed by atoms with van der Waals surface area (Å²) >= 11 is 1.26. The predicted molar refractivity (Wildman–Crippen MR) is 106 cm³/mol. The Morgan fingerprint density at radius 3 is 2.57 bits per heavy atom. The minimum absolute atomic E-state index is 0.00223. The number of nitrogens with zero attached hydrogens (tertiary/aromatic N) is 1. The molecule has 1 unspecified atom stereocenters. The highest BCUT2D eigenvalue weighted by Gasteiger charge is 2.26. The van der Waals surface area contributed by atoms with Crippen LogP contribution in [0.1, 0.15) is 40.2 Å². The lowest BCUT2D eigenvalue weighted by atomic mass is 10.1. The Balaban J connectivity index is 2.21. The maximum absolute atomic E-state index is 12.6. The van der Waals surface area contributed by atoms with E-state index in [1.165, 1.54) is 30.4 Å². The lowest BCUT2D eigenvalue weighted by Crippen LogP contribution is -2.30. The predicted octanol–water partition coefficient (Wildman–Crippen LogP) is 4.16. The highest BCUT2D eigenvalue weighted by Crippen LogP contribution is 2.34. The van der Waals surface area contributed by atoms with Crippen molar-refractivity contribution in [1.82, 2.24) is 0 Å². The number of carbonyl (C=O) groups is 2. The van der Waals surface area contributed by atoms with E-state index in [1.807, 2.05) is 6.92 Å². The average Bonchev–Trinajstić information content (AvgIpc) is 2.90. The van der Waals surface area contributed by atoms with Crippen molar-refractivity contribution < 1.29 is 24.0 Å². The van der Waals surface area contributed by atoms with Crippen molar-refractivity contribution in [1.29, 1.82) is 0 Å². The Labute approximate surface area is 166 Å². The van der Waals surface area contributed by atoms with Crippen LogP contribution in [0.4, 0.5) is 10.7 Å². The van der Waals surface area contributed by atoms with Crippen LogP contribution < -0.4 is 10.1 Å². The van der Waals surface area contributed by atoms with Gasteiger partial charge in [0.1, 0.15) is 5.00 Å². The summed E-state index contributed by atoms with van der Waals surface area (Å²) in [5.41, 5.74) is 1.54. The summed E-state index contributed by atoms with van der Waals surface area (Å²) in [4.78, 5) is 36.3. The summed E-state index contributed by atoms with van der Waals surface area (Å²) in [5.74, 6) is -1.04. The van der Waals surface area contributed by atoms with Gasteiger partial charge in [-0.3, -0.25) is 14.9 Å². The first kappa shape index (κ1) is 21.4. The van der Waals surface area contributed by atoms with Crippen molar-refractivity contribution in [3.8, 4) is 5.75 Å². The largest absolute Gasteiger partial charge is 0.474 e. The van der Waals surface area contributed by atoms with Crippen LogP contribution in [0.15, 0.2) is 18.2 Å². The van der Waals surface area contributed by atoms with Crippen LogP contribution >= 0.6 is 11.3 Å². The molecule has 28 heavy (non-hydrogen) atoms. The van der Waals surface area contributed by atoms with E-state index in [0.717, 1.165) is 10.4 Å². The molecular weight excluding hydrogens is 384 g/mol. The highest BCUT2D eigenvalue weighted by atomic mass is 32.1. The van der Waals surface area contributed by atoms with Crippen molar-refractivity contribution in [2.75, 3.05) is 11.9 Å². The zero-order valence-electron chi connectivity index (χ0n) is 16.3. The van der Waals surface area contributed by atoms with Crippen molar-refractivity contribution in [3.63, 3.8) is 0 Å². The summed E-state index contributed by atoms with van der Waals surface area (Å²) in [7, 11) is 0. The number of carbonyl (C=O) groups excluding carboxylic acids is 2. The van der Waals surface area contributed by atoms with E-state index in [1.54, 1.807) is 26.8 Å². The number of amides is 1. The SMILES string of the molecule is CCOC(=O)c1c(NC(=O)C(C)Oc2ccc(C)cc2[N+](=O)[O-])sc(C)c1C. The van der Waals surface area contributed by atoms with E-state index in [9.17, 15) is 19.7 Å². The Hall–Kier alpha value is -2.94. The maximum atomic E-state index is 12.6. The van der Waals surface area contributed by atoms with E-state index in [4.69, 9.17) is 9.47 Å². The Kier molecular flexibility index (Phi) is 6.74. The normalized spacial score (nSPS) is 11.6. The van der Waals surface area contributed by atoms with E-state index >= 15 is 0 Å². The molecule has 0 bridgehead atoms. The van der Waals surface area contributed by atoms with Crippen LogP contribution in [0.3, 0.4) is 0 Å². The van der Waals surface area contributed by atoms with E-state index in [0.29, 0.717) is 16.1 Å². The van der Waals surface area contributed by atoms with E-state index < -0.39 is 22.9 Å². The Morgan fingerprint density at radius 1 is 1.29 bits per heavy atom. The number of thiophene rings is 1. The zero-order chi connectivity index (χ0) is 21.0. The van der Waals surface area contributed by atoms with Crippen molar-refractivity contribution in [2.45, 2.75) is 40.7 Å². The number of rotatable bonds is 7. The zero-order valence-corrected chi connectivity index (χ0v) is 17.1. The number of hydrogen-bond donors (Lipinski definition) is 1. The van der Waals surface area contributed by atoms with Crippen molar-refractivity contribution in [3.05, 3.63) is 49.9 Å². The summed E-state index contributed by atoms with van der Waals surface area (Å²) < 4.78 is 10.6. The molecule has 9 heteroatoms. The number of anilines is 1. The van der Waals surface area contributed by atoms with Gasteiger partial charge in [0, 0.05) is 10.9 Å². The molecule has 0 radical (unpaired) electrons. The van der Waals surface area contributed by atoms with Gasteiger partial charge in [0.2, 0.25) is 0 Å². The molecule has 150 valence electrons. The molecule has 1 aromatic heterocycles. The van der Waals surface area contributed by atoms with Gasteiger partial charge in [-0.2, -0.15) is 0 Å². The molecule has 0 saturated heterocycles. The summed E-state index contributed by atoms with van der Waals surface area (Å²) in [6.07, 6.45) is -1.01. The van der Waals surface area contributed by atoms with Gasteiger partial charge < -0.3 is 14.8 Å². The van der Waals surface area contributed by atoms with Crippen LogP contribution in [0.2, 0.25) is 0 Å². The molecule has 1 atom stereocenters. The molecule has 0 spiro atoms. The second-order valence-electron chi connectivity index (χ2n) is 6.19. The molecule has 0 aliphatic heterocycles. The summed E-state index contributed by atoms with van der Waals surface area (Å²) in [6.45, 7) is 8.76. The van der Waals surface area contributed by atoms with Gasteiger partial charge >= 0.3 is 11.7 Å². The van der Waals surface area contributed by atoms with Gasteiger partial charge in [-0.1, -0.05) is 6.07 Å². The molecule has 2 rings (SSSR count). The number of nitro groups is 1. The van der Waals surface area contributed by atoms with Crippen LogP contribution in [-0.4, -0.2) is 29.5 Å². The molecule has 0 saturated carbocycles. The maximum Gasteiger partial charge on any atom is 0.341 e. The number of ether oxygens (including phenoxy) is 2. The summed E-state index contributed by atoms with van der Waals surface area (Å²) in [6, 6.07) is 4.50. The first-order valence-electron chi connectivity index (χ1n) is 8.65. The molecule has 1 amide bonds. The Bertz CT molecular complexity index is 921. The third-order valence-electron chi connectivity index (χ3n) is 4.09. The summed E-state index contributed by atoms with van der Waals surface area (Å²) in [5, 5.41) is 14.3. The minimum atomic E-state index is -1.01. The molecule has 0 aliphatic rings. The third-order valence-corrected chi connectivity index (χ3v) is 5.21. The first-order chi connectivity index (χ1) is 13.1. The van der Waals surface area contributed by atoms with Crippen LogP contribution in [-0.2, 0) is 9.53 Å². The fourth-order valence-electron chi connectivity index (χ4n) is 2.49. The lowest BCUT2D eigenvalue weighted by molar-refractivity contribution is -0.386. The van der Waals surface area contributed by atoms with Gasteiger partial charge in [0.25, 0.3) is 5.91 Å². The molecule has 1 heterocycles. The third kappa shape index (κ3) is 4.66. The molecule has 8 nitrogen and oxygen atoms in total. The topological polar surface area (TPSA) is 108 Å². The van der Waals surface area contributed by atoms with Crippen LogP contribution in [0.25, 0.3) is 0 Å². The fraction of sp³-hybridized carbons (Fsp3) is 0.368. The number of nitrogens with one attached hydrogen (secondary N) is 1. The van der Waals surface area contributed by atoms with Crippen LogP contribution in [0.5, 0.6) is 5.75 Å². The minimum Gasteiger partial charge on any atom is -0.474 e. The molecule has 1 aromatic carbocycles. The van der Waals surface area contributed by atoms with Gasteiger partial charge in [0.05, 0.1) is 17.1 Å². The quantitative estimate of drug-likeness (QED) is 0.420. The molecule has 1 N–H and O–H groups in total. The van der Waals surface area contributed by atoms with Gasteiger partial charge in [-0.05, 0) is 51.8 Å². The number of esters is 1. The Morgan fingerprint density at radius 2 is 1.96 bits per heavy atom. The van der Waals surface area contributed by atoms with E-state index in [2.05, 4.69) is 5.32 Å². The van der Waals surface area contributed by atoms with E-state index in [-0.39, 0.29) is 18.0 Å². The smallest absolute Gasteiger partial charge is 0.341 e. The number of hydrogen-bond acceptors (Lipinski definition) is 7. The molecule has 0 fully saturated rings. The number of nitro benzene ring substituents is 1. The highest BCUT2D eigenvalue weighted by molar-refractivity contribution is 7.16. The number of aryl methyl sites for hydroxylation is 2. The van der Waals surface area contributed by atoms with Crippen LogP contribution in [0, 0.1) is 30.9 Å². The molecule has 0 aliphatic carbocycles. The second-order valence-corrected chi connectivity index (χ2v) is 7.41. The van der Waals surface area contributed by atoms with Gasteiger partial charge in [-0.25, -0.2) is 4.79 Å². The molecule has 2 aromatic rings. The van der Waals surface area contributed by atoms with Crippen molar-refractivity contribution in [2.24, 2.45) is 0 Å².